The van der Waals surface area contributed by atoms with Crippen molar-refractivity contribution in [3.63, 3.8) is 0 Å². The Morgan fingerprint density at radius 3 is 2.75 bits per heavy atom. The fourth-order valence-electron chi connectivity index (χ4n) is 2.30. The van der Waals surface area contributed by atoms with Gasteiger partial charge in [-0.1, -0.05) is 0 Å². The first-order chi connectivity index (χ1) is 11.4. The minimum absolute atomic E-state index is 0.00384. The minimum Gasteiger partial charge on any atom is -0.501 e. The Morgan fingerprint density at radius 1 is 1.46 bits per heavy atom. The van der Waals surface area contributed by atoms with Crippen LogP contribution in [0.3, 0.4) is 0 Å². The average molecular weight is 361 g/mol. The smallest absolute Gasteiger partial charge is 0.361 e. The van der Waals surface area contributed by atoms with Crippen molar-refractivity contribution in [2.24, 2.45) is 0 Å². The lowest BCUT2D eigenvalue weighted by Crippen LogP contribution is -2.49. The summed E-state index contributed by atoms with van der Waals surface area (Å²) < 4.78 is 16.5. The van der Waals surface area contributed by atoms with Crippen molar-refractivity contribution < 1.29 is 28.9 Å². The second kappa shape index (κ2) is 7.18. The summed E-state index contributed by atoms with van der Waals surface area (Å²) in [6.07, 6.45) is 0. The molecule has 2 rings (SSSR count). The van der Waals surface area contributed by atoms with Crippen LogP contribution in [0.25, 0.3) is 0 Å². The van der Waals surface area contributed by atoms with Gasteiger partial charge in [0.2, 0.25) is 5.75 Å². The van der Waals surface area contributed by atoms with Crippen molar-refractivity contribution >= 4 is 23.5 Å². The van der Waals surface area contributed by atoms with Crippen LogP contribution in [-0.2, 0) is 31.2 Å². The number of carbonyl (C=O) groups is 2. The van der Waals surface area contributed by atoms with E-state index in [9.17, 15) is 19.5 Å². The van der Waals surface area contributed by atoms with Gasteiger partial charge in [0.15, 0.2) is 11.3 Å². The van der Waals surface area contributed by atoms with Gasteiger partial charge in [0, 0.05) is 6.92 Å². The van der Waals surface area contributed by atoms with Crippen molar-refractivity contribution in [1.29, 1.82) is 0 Å². The van der Waals surface area contributed by atoms with Gasteiger partial charge in [0.05, 0.1) is 25.6 Å². The predicted octanol–water partition coefficient (Wildman–Crippen LogP) is 0.153. The molecule has 0 spiro atoms. The number of aromatic nitrogens is 2. The molecule has 9 nitrogen and oxygen atoms in total. The topological polar surface area (TPSA) is 117 Å². The van der Waals surface area contributed by atoms with Gasteiger partial charge in [-0.05, 0) is 6.92 Å². The number of ether oxygens (including phenoxy) is 3. The van der Waals surface area contributed by atoms with Crippen molar-refractivity contribution in [2.45, 2.75) is 26.0 Å². The molecule has 0 bridgehead atoms. The van der Waals surface area contributed by atoms with Gasteiger partial charge in [-0.15, -0.1) is 11.6 Å². The molecule has 1 N–H and O–H groups in total. The van der Waals surface area contributed by atoms with Gasteiger partial charge in [0.25, 0.3) is 5.56 Å². The second-order valence-electron chi connectivity index (χ2n) is 5.07. The van der Waals surface area contributed by atoms with Crippen LogP contribution in [0.15, 0.2) is 4.79 Å². The highest BCUT2D eigenvalue weighted by molar-refractivity contribution is 6.18. The molecule has 0 radical (unpaired) electrons. The molecule has 0 fully saturated rings. The van der Waals surface area contributed by atoms with Crippen LogP contribution < -0.4 is 5.56 Å². The maximum atomic E-state index is 12.3. The van der Waals surface area contributed by atoms with Crippen LogP contribution in [0, 0.1) is 0 Å². The number of alkyl halides is 1. The average Bonchev–Trinajstić information content (AvgIpc) is 2.56. The lowest BCUT2D eigenvalue weighted by Gasteiger charge is -2.36. The van der Waals surface area contributed by atoms with Gasteiger partial charge in [-0.3, -0.25) is 14.2 Å². The summed E-state index contributed by atoms with van der Waals surface area (Å²) >= 11 is 5.98. The van der Waals surface area contributed by atoms with E-state index in [0.717, 1.165) is 4.57 Å². The summed E-state index contributed by atoms with van der Waals surface area (Å²) in [6, 6.07) is 0. The van der Waals surface area contributed by atoms with Crippen LogP contribution in [0.4, 0.5) is 0 Å². The zero-order valence-corrected chi connectivity index (χ0v) is 14.0. The van der Waals surface area contributed by atoms with Crippen molar-refractivity contribution in [3.05, 3.63) is 21.9 Å². The van der Waals surface area contributed by atoms with Crippen molar-refractivity contribution in [1.82, 2.24) is 9.55 Å². The summed E-state index contributed by atoms with van der Waals surface area (Å²) in [5.74, 6) is -2.50. The Balaban J connectivity index is 2.60. The summed E-state index contributed by atoms with van der Waals surface area (Å²) in [5.41, 5.74) is -2.75. The highest BCUT2D eigenvalue weighted by atomic mass is 35.5. The third-order valence-corrected chi connectivity index (χ3v) is 3.87. The van der Waals surface area contributed by atoms with Crippen LogP contribution in [-0.4, -0.2) is 52.3 Å². The van der Waals surface area contributed by atoms with E-state index < -0.39 is 34.5 Å². The first-order valence-electron chi connectivity index (χ1n) is 7.21. The van der Waals surface area contributed by atoms with Gasteiger partial charge in [-0.25, -0.2) is 9.78 Å². The Bertz CT molecular complexity index is 718. The fourth-order valence-corrected chi connectivity index (χ4v) is 2.57. The molecule has 1 atom stereocenters. The molecule has 1 aliphatic heterocycles. The number of halogens is 1. The van der Waals surface area contributed by atoms with Crippen LogP contribution in [0.2, 0.25) is 0 Å². The minimum atomic E-state index is -1.40. The largest absolute Gasteiger partial charge is 0.501 e. The highest BCUT2D eigenvalue weighted by Gasteiger charge is 2.43. The summed E-state index contributed by atoms with van der Waals surface area (Å²) in [4.78, 5) is 39.4. The Labute approximate surface area is 142 Å². The van der Waals surface area contributed by atoms with E-state index in [1.807, 2.05) is 0 Å². The van der Waals surface area contributed by atoms with Gasteiger partial charge >= 0.3 is 11.9 Å². The lowest BCUT2D eigenvalue weighted by atomic mass is 10.0. The zero-order valence-electron chi connectivity index (χ0n) is 13.2. The van der Waals surface area contributed by atoms with Crippen LogP contribution >= 0.6 is 11.6 Å². The first-order valence-corrected chi connectivity index (χ1v) is 7.74. The SMILES string of the molecule is CCOC(=O)c1nc2n(c(=O)c1O)CCOC2(CCl)COC(C)=O. The van der Waals surface area contributed by atoms with E-state index in [2.05, 4.69) is 4.98 Å². The predicted molar refractivity (Wildman–Crippen MR) is 81.1 cm³/mol. The third-order valence-electron chi connectivity index (χ3n) is 3.44. The molecule has 1 unspecified atom stereocenters. The molecule has 0 saturated carbocycles. The molecular formula is C14H17ClN2O7. The van der Waals surface area contributed by atoms with E-state index in [0.29, 0.717) is 0 Å². The Hall–Kier alpha value is -2.13. The number of carbonyl (C=O) groups excluding carboxylic acids is 2. The number of aromatic hydroxyl groups is 1. The van der Waals surface area contributed by atoms with Gasteiger partial charge in [-0.2, -0.15) is 0 Å². The Morgan fingerprint density at radius 2 is 2.17 bits per heavy atom. The molecule has 1 aliphatic rings. The number of hydrogen-bond donors (Lipinski definition) is 1. The van der Waals surface area contributed by atoms with Gasteiger partial charge in [0.1, 0.15) is 12.4 Å². The van der Waals surface area contributed by atoms with E-state index in [4.69, 9.17) is 25.8 Å². The second-order valence-corrected chi connectivity index (χ2v) is 5.33. The Kier molecular flexibility index (Phi) is 5.45. The molecule has 0 aliphatic carbocycles. The summed E-state index contributed by atoms with van der Waals surface area (Å²) in [5, 5.41) is 9.96. The molecule has 0 aromatic carbocycles. The molecule has 1 aromatic rings. The maximum absolute atomic E-state index is 12.3. The monoisotopic (exact) mass is 360 g/mol. The number of nitrogens with zero attached hydrogens (tertiary/aromatic N) is 2. The van der Waals surface area contributed by atoms with E-state index in [1.165, 1.54) is 6.92 Å². The number of hydrogen-bond acceptors (Lipinski definition) is 8. The molecule has 132 valence electrons. The van der Waals surface area contributed by atoms with Crippen LogP contribution in [0.5, 0.6) is 5.75 Å². The lowest BCUT2D eigenvalue weighted by molar-refractivity contribution is -0.157. The molecule has 0 saturated heterocycles. The molecule has 2 heterocycles. The summed E-state index contributed by atoms with van der Waals surface area (Å²) in [7, 11) is 0. The maximum Gasteiger partial charge on any atom is 0.361 e. The quantitative estimate of drug-likeness (QED) is 0.582. The van der Waals surface area contributed by atoms with E-state index in [1.54, 1.807) is 6.92 Å². The fraction of sp³-hybridized carbons (Fsp3) is 0.571. The molecule has 24 heavy (non-hydrogen) atoms. The third kappa shape index (κ3) is 3.22. The molecular weight excluding hydrogens is 344 g/mol. The van der Waals surface area contributed by atoms with Crippen molar-refractivity contribution in [2.75, 3.05) is 25.7 Å². The number of rotatable bonds is 5. The molecule has 1 aromatic heterocycles. The van der Waals surface area contributed by atoms with E-state index >= 15 is 0 Å². The van der Waals surface area contributed by atoms with Crippen LogP contribution in [0.1, 0.15) is 30.2 Å². The highest BCUT2D eigenvalue weighted by Crippen LogP contribution is 2.30. The normalized spacial score (nSPS) is 19.5. The van der Waals surface area contributed by atoms with Gasteiger partial charge < -0.3 is 19.3 Å². The molecule has 0 amide bonds. The number of esters is 2. The molecule has 10 heteroatoms. The summed E-state index contributed by atoms with van der Waals surface area (Å²) in [6.45, 7) is 2.75. The number of fused-ring (bicyclic) bond motifs is 1. The standard InChI is InChI=1S/C14H17ClN2O7/c1-3-22-12(21)9-10(19)11(20)17-4-5-24-14(6-15,13(17)16-9)7-23-8(2)18/h19H,3-7H2,1-2H3. The first kappa shape index (κ1) is 18.2. The zero-order chi connectivity index (χ0) is 17.9. The van der Waals surface area contributed by atoms with Crippen molar-refractivity contribution in [3.8, 4) is 5.75 Å². The van der Waals surface area contributed by atoms with E-state index in [-0.39, 0.29) is 38.1 Å².